The lowest BCUT2D eigenvalue weighted by Crippen LogP contribution is -2.42. The summed E-state index contributed by atoms with van der Waals surface area (Å²) in [6, 6.07) is 11.8. The third kappa shape index (κ3) is 11.7. The normalized spacial score (nSPS) is 11.2. The van der Waals surface area contributed by atoms with Crippen molar-refractivity contribution >= 4 is 17.9 Å². The van der Waals surface area contributed by atoms with Crippen LogP contribution in [0.1, 0.15) is 36.1 Å². The number of aliphatic carboxylic acids is 3. The highest BCUT2D eigenvalue weighted by atomic mass is 16.4. The number of aromatic hydroxyl groups is 1. The monoisotopic (exact) mass is 505 g/mol. The van der Waals surface area contributed by atoms with Gasteiger partial charge in [-0.05, 0) is 52.2 Å². The molecule has 0 saturated heterocycles. The van der Waals surface area contributed by atoms with E-state index >= 15 is 0 Å². The summed E-state index contributed by atoms with van der Waals surface area (Å²) in [6.07, 6.45) is 0.632. The Bertz CT molecular complexity index is 982. The van der Waals surface area contributed by atoms with Crippen LogP contribution in [0, 0.1) is 6.92 Å². The van der Waals surface area contributed by atoms with Crippen LogP contribution in [-0.2, 0) is 27.5 Å². The molecule has 11 nitrogen and oxygen atoms in total. The summed E-state index contributed by atoms with van der Waals surface area (Å²) in [5.41, 5.74) is 0.469. The first-order valence-electron chi connectivity index (χ1n) is 11.3. The van der Waals surface area contributed by atoms with Gasteiger partial charge in [-0.25, -0.2) is 4.79 Å². The molecular formula is C25H35N3O8. The molecular weight excluding hydrogens is 470 g/mol. The quantitative estimate of drug-likeness (QED) is 0.269. The van der Waals surface area contributed by atoms with Crippen molar-refractivity contribution in [3.05, 3.63) is 59.4 Å². The Hall–Kier alpha value is -3.54. The van der Waals surface area contributed by atoms with Crippen LogP contribution >= 0.6 is 0 Å². The number of aliphatic hydroxyl groups is 1. The van der Waals surface area contributed by atoms with Crippen LogP contribution < -0.4 is 0 Å². The zero-order valence-corrected chi connectivity index (χ0v) is 20.8. The number of rotatable bonds is 13. The minimum Gasteiger partial charge on any atom is -0.508 e. The second-order valence-electron chi connectivity index (χ2n) is 8.80. The Kier molecular flexibility index (Phi) is 12.5. The molecule has 1 heterocycles. The number of benzene rings is 1. The SMILES string of the molecule is Cc1ccc(O)c(CN(CCCN(C)C)Cc2ccccn2)c1.O=C(O)CC(O)(CC(=O)O)C(=O)O. The van der Waals surface area contributed by atoms with Crippen molar-refractivity contribution in [2.75, 3.05) is 27.2 Å². The van der Waals surface area contributed by atoms with E-state index in [4.69, 9.17) is 20.4 Å². The molecule has 2 rings (SSSR count). The van der Waals surface area contributed by atoms with Crippen LogP contribution in [0.5, 0.6) is 5.75 Å². The molecule has 0 aliphatic rings. The maximum Gasteiger partial charge on any atom is 0.336 e. The highest BCUT2D eigenvalue weighted by molar-refractivity contribution is 5.88. The molecule has 0 unspecified atom stereocenters. The molecule has 0 spiro atoms. The lowest BCUT2D eigenvalue weighted by Gasteiger charge is -2.23. The zero-order valence-electron chi connectivity index (χ0n) is 20.8. The average Bonchev–Trinajstić information content (AvgIpc) is 2.76. The first-order valence-corrected chi connectivity index (χ1v) is 11.3. The van der Waals surface area contributed by atoms with Crippen molar-refractivity contribution in [1.82, 2.24) is 14.8 Å². The van der Waals surface area contributed by atoms with Crippen LogP contribution in [0.4, 0.5) is 0 Å². The van der Waals surface area contributed by atoms with Crippen molar-refractivity contribution in [2.24, 2.45) is 0 Å². The number of carbonyl (C=O) groups is 3. The van der Waals surface area contributed by atoms with Crippen LogP contribution in [0.15, 0.2) is 42.6 Å². The number of aryl methyl sites for hydroxylation is 1. The second-order valence-corrected chi connectivity index (χ2v) is 8.80. The Morgan fingerprint density at radius 3 is 2.08 bits per heavy atom. The van der Waals surface area contributed by atoms with E-state index in [9.17, 15) is 19.5 Å². The van der Waals surface area contributed by atoms with Crippen LogP contribution in [0.25, 0.3) is 0 Å². The van der Waals surface area contributed by atoms with E-state index in [1.54, 1.807) is 6.07 Å². The molecule has 2 aromatic rings. The summed E-state index contributed by atoms with van der Waals surface area (Å²) in [7, 11) is 4.19. The van der Waals surface area contributed by atoms with Gasteiger partial charge in [0.15, 0.2) is 5.60 Å². The third-order valence-electron chi connectivity index (χ3n) is 5.11. The molecule has 0 fully saturated rings. The Morgan fingerprint density at radius 1 is 0.944 bits per heavy atom. The van der Waals surface area contributed by atoms with Gasteiger partial charge in [0.05, 0.1) is 18.5 Å². The lowest BCUT2D eigenvalue weighted by molar-refractivity contribution is -0.170. The van der Waals surface area contributed by atoms with Crippen LogP contribution in [-0.4, -0.2) is 91.0 Å². The fourth-order valence-corrected chi connectivity index (χ4v) is 3.34. The molecule has 0 radical (unpaired) electrons. The molecule has 1 aromatic carbocycles. The number of nitrogens with zero attached hydrogens (tertiary/aromatic N) is 3. The summed E-state index contributed by atoms with van der Waals surface area (Å²) < 4.78 is 0. The number of carboxylic acid groups (broad SMARTS) is 3. The van der Waals surface area contributed by atoms with E-state index < -0.39 is 36.4 Å². The number of phenols is 1. The molecule has 0 aliphatic carbocycles. The summed E-state index contributed by atoms with van der Waals surface area (Å²) >= 11 is 0. The standard InChI is InChI=1S/C19H27N3O.C6H8O7/c1-16-8-9-19(23)17(13-16)14-22(12-6-11-21(2)3)15-18-7-4-5-10-20-18;7-3(8)1-6(13,5(11)12)2-4(9)10/h4-5,7-10,13,23H,6,11-12,14-15H2,1-3H3;13H,1-2H2,(H,7,8)(H,9,10)(H,11,12). The van der Waals surface area contributed by atoms with Crippen LogP contribution in [0.3, 0.4) is 0 Å². The first kappa shape index (κ1) is 30.5. The number of phenolic OH excluding ortho intramolecular Hbond substituents is 1. The molecule has 5 N–H and O–H groups in total. The molecule has 0 aliphatic heterocycles. The van der Waals surface area contributed by atoms with E-state index in [1.165, 1.54) is 5.56 Å². The molecule has 1 aromatic heterocycles. The van der Waals surface area contributed by atoms with Gasteiger partial charge in [-0.3, -0.25) is 19.5 Å². The average molecular weight is 506 g/mol. The Balaban J connectivity index is 0.000000426. The highest BCUT2D eigenvalue weighted by Crippen LogP contribution is 2.21. The molecule has 0 atom stereocenters. The molecule has 0 saturated carbocycles. The highest BCUT2D eigenvalue weighted by Gasteiger charge is 2.40. The molecule has 198 valence electrons. The Labute approximate surface area is 210 Å². The van der Waals surface area contributed by atoms with Crippen LogP contribution in [0.2, 0.25) is 0 Å². The van der Waals surface area contributed by atoms with Crippen molar-refractivity contribution in [2.45, 2.75) is 44.9 Å². The number of carboxylic acids is 3. The number of aromatic nitrogens is 1. The van der Waals surface area contributed by atoms with Gasteiger partial charge in [0.1, 0.15) is 5.75 Å². The predicted molar refractivity (Wildman–Crippen MR) is 131 cm³/mol. The fourth-order valence-electron chi connectivity index (χ4n) is 3.34. The second kappa shape index (κ2) is 14.8. The number of hydrogen-bond donors (Lipinski definition) is 5. The number of hydrogen-bond acceptors (Lipinski definition) is 8. The van der Waals surface area contributed by atoms with Gasteiger partial charge in [0, 0.05) is 31.4 Å². The minimum atomic E-state index is -2.74. The third-order valence-corrected chi connectivity index (χ3v) is 5.11. The molecule has 0 amide bonds. The molecule has 36 heavy (non-hydrogen) atoms. The summed E-state index contributed by atoms with van der Waals surface area (Å²) in [6.45, 7) is 5.61. The number of pyridine rings is 1. The molecule has 0 bridgehead atoms. The van der Waals surface area contributed by atoms with Gasteiger partial charge in [-0.1, -0.05) is 23.8 Å². The molecule has 11 heteroatoms. The smallest absolute Gasteiger partial charge is 0.336 e. The fraction of sp³-hybridized carbons (Fsp3) is 0.440. The van der Waals surface area contributed by atoms with Gasteiger partial charge in [0.2, 0.25) is 0 Å². The van der Waals surface area contributed by atoms with Gasteiger partial charge >= 0.3 is 17.9 Å². The summed E-state index contributed by atoms with van der Waals surface area (Å²) in [5.74, 6) is -4.65. The van der Waals surface area contributed by atoms with Gasteiger partial charge < -0.3 is 30.4 Å². The van der Waals surface area contributed by atoms with Gasteiger partial charge in [0.25, 0.3) is 0 Å². The minimum absolute atomic E-state index is 0.370. The topological polar surface area (TPSA) is 172 Å². The lowest BCUT2D eigenvalue weighted by atomic mass is 9.96. The maximum absolute atomic E-state index is 10.3. The van der Waals surface area contributed by atoms with Crippen molar-refractivity contribution in [3.63, 3.8) is 0 Å². The van der Waals surface area contributed by atoms with Crippen molar-refractivity contribution in [3.8, 4) is 5.75 Å². The largest absolute Gasteiger partial charge is 0.508 e. The van der Waals surface area contributed by atoms with E-state index in [0.29, 0.717) is 5.75 Å². The Morgan fingerprint density at radius 2 is 1.58 bits per heavy atom. The maximum atomic E-state index is 10.3. The predicted octanol–water partition coefficient (Wildman–Crippen LogP) is 1.80. The summed E-state index contributed by atoms with van der Waals surface area (Å²) in [5, 5.41) is 43.9. The first-order chi connectivity index (χ1) is 16.8. The van der Waals surface area contributed by atoms with Gasteiger partial charge in [-0.2, -0.15) is 0 Å². The van der Waals surface area contributed by atoms with Crippen molar-refractivity contribution in [1.29, 1.82) is 0 Å². The zero-order chi connectivity index (χ0) is 27.3. The van der Waals surface area contributed by atoms with Crippen molar-refractivity contribution < 1.29 is 39.9 Å². The van der Waals surface area contributed by atoms with Gasteiger partial charge in [-0.15, -0.1) is 0 Å². The van der Waals surface area contributed by atoms with E-state index in [2.05, 4.69) is 47.9 Å². The summed E-state index contributed by atoms with van der Waals surface area (Å²) in [4.78, 5) is 39.5. The van der Waals surface area contributed by atoms with E-state index in [1.807, 2.05) is 24.4 Å². The van der Waals surface area contributed by atoms with E-state index in [-0.39, 0.29) is 0 Å². The van der Waals surface area contributed by atoms with E-state index in [0.717, 1.165) is 43.9 Å².